The number of rotatable bonds is 2. The Bertz CT molecular complexity index is 158. The zero-order chi connectivity index (χ0) is 7.56. The van der Waals surface area contributed by atoms with Gasteiger partial charge in [0.05, 0.1) is 7.11 Å². The molecule has 0 aromatic rings. The minimum absolute atomic E-state index is 0.0348. The van der Waals surface area contributed by atoms with E-state index in [0.29, 0.717) is 0 Å². The second-order valence-corrected chi connectivity index (χ2v) is 2.48. The van der Waals surface area contributed by atoms with Crippen LogP contribution in [0.2, 0.25) is 0 Å². The van der Waals surface area contributed by atoms with Crippen LogP contribution in [0.15, 0.2) is 0 Å². The SMILES string of the molecule is COC(=O)C(=O)C1CCC1. The second-order valence-electron chi connectivity index (χ2n) is 2.48. The van der Waals surface area contributed by atoms with Crippen LogP contribution in [0.5, 0.6) is 0 Å². The molecular formula is C7H10O3. The molecule has 0 aromatic carbocycles. The monoisotopic (exact) mass is 142 g/mol. The van der Waals surface area contributed by atoms with Crippen LogP contribution in [0.25, 0.3) is 0 Å². The summed E-state index contributed by atoms with van der Waals surface area (Å²) in [7, 11) is 1.24. The van der Waals surface area contributed by atoms with E-state index in [2.05, 4.69) is 4.74 Å². The molecule has 1 fully saturated rings. The third-order valence-corrected chi connectivity index (χ3v) is 1.86. The first kappa shape index (κ1) is 7.25. The summed E-state index contributed by atoms with van der Waals surface area (Å²) in [6.07, 6.45) is 2.77. The van der Waals surface area contributed by atoms with Crippen LogP contribution in [0.1, 0.15) is 19.3 Å². The maximum atomic E-state index is 10.9. The molecule has 0 aromatic heterocycles. The molecule has 3 heteroatoms. The summed E-state index contributed by atoms with van der Waals surface area (Å²) in [6.45, 7) is 0. The van der Waals surface area contributed by atoms with Gasteiger partial charge in [-0.05, 0) is 12.8 Å². The van der Waals surface area contributed by atoms with E-state index in [-0.39, 0.29) is 11.7 Å². The third-order valence-electron chi connectivity index (χ3n) is 1.86. The first-order valence-corrected chi connectivity index (χ1v) is 3.38. The summed E-state index contributed by atoms with van der Waals surface area (Å²) >= 11 is 0. The molecule has 1 rings (SSSR count). The highest BCUT2D eigenvalue weighted by molar-refractivity contribution is 6.34. The van der Waals surface area contributed by atoms with Crippen molar-refractivity contribution in [3.05, 3.63) is 0 Å². The summed E-state index contributed by atoms with van der Waals surface area (Å²) in [6, 6.07) is 0. The zero-order valence-electron chi connectivity index (χ0n) is 5.92. The molecule has 0 heterocycles. The van der Waals surface area contributed by atoms with E-state index < -0.39 is 5.97 Å². The molecule has 0 bridgehead atoms. The van der Waals surface area contributed by atoms with Gasteiger partial charge in [-0.1, -0.05) is 6.42 Å². The van der Waals surface area contributed by atoms with E-state index in [9.17, 15) is 9.59 Å². The lowest BCUT2D eigenvalue weighted by molar-refractivity contribution is -0.154. The molecule has 0 unspecified atom stereocenters. The van der Waals surface area contributed by atoms with E-state index >= 15 is 0 Å². The fourth-order valence-corrected chi connectivity index (χ4v) is 0.938. The number of Topliss-reactive ketones (excluding diaryl/α,β-unsaturated/α-hetero) is 1. The average molecular weight is 142 g/mol. The predicted molar refractivity (Wildman–Crippen MR) is 34.4 cm³/mol. The van der Waals surface area contributed by atoms with Gasteiger partial charge in [0.25, 0.3) is 0 Å². The molecule has 3 nitrogen and oxygen atoms in total. The maximum Gasteiger partial charge on any atom is 0.374 e. The fraction of sp³-hybridized carbons (Fsp3) is 0.714. The van der Waals surface area contributed by atoms with E-state index in [1.807, 2.05) is 0 Å². The standard InChI is InChI=1S/C7H10O3/c1-10-7(9)6(8)5-3-2-4-5/h5H,2-4H2,1H3. The minimum atomic E-state index is -0.690. The van der Waals surface area contributed by atoms with Crippen molar-refractivity contribution >= 4 is 11.8 Å². The highest BCUT2D eigenvalue weighted by Gasteiger charge is 2.30. The van der Waals surface area contributed by atoms with Crippen LogP contribution in [0.4, 0.5) is 0 Å². The van der Waals surface area contributed by atoms with Crippen molar-refractivity contribution < 1.29 is 14.3 Å². The number of ketones is 1. The van der Waals surface area contributed by atoms with E-state index in [4.69, 9.17) is 0 Å². The van der Waals surface area contributed by atoms with E-state index in [0.717, 1.165) is 19.3 Å². The molecule has 0 aliphatic heterocycles. The van der Waals surface area contributed by atoms with Crippen LogP contribution in [-0.4, -0.2) is 18.9 Å². The highest BCUT2D eigenvalue weighted by Crippen LogP contribution is 2.27. The lowest BCUT2D eigenvalue weighted by atomic mass is 9.82. The second kappa shape index (κ2) is 2.82. The summed E-state index contributed by atoms with van der Waals surface area (Å²) in [5, 5.41) is 0. The lowest BCUT2D eigenvalue weighted by Crippen LogP contribution is -2.29. The van der Waals surface area contributed by atoms with E-state index in [1.165, 1.54) is 7.11 Å². The van der Waals surface area contributed by atoms with Gasteiger partial charge in [-0.2, -0.15) is 0 Å². The first-order chi connectivity index (χ1) is 4.75. The molecule has 0 atom stereocenters. The van der Waals surface area contributed by atoms with E-state index in [1.54, 1.807) is 0 Å². The zero-order valence-corrected chi connectivity index (χ0v) is 5.92. The summed E-state index contributed by atoms with van der Waals surface area (Å²) in [5.41, 5.74) is 0. The van der Waals surface area contributed by atoms with Crippen LogP contribution in [0, 0.1) is 5.92 Å². The van der Waals surface area contributed by atoms with Crippen LogP contribution >= 0.6 is 0 Å². The van der Waals surface area contributed by atoms with Crippen LogP contribution in [-0.2, 0) is 14.3 Å². The number of ether oxygens (including phenoxy) is 1. The smallest absolute Gasteiger partial charge is 0.374 e. The topological polar surface area (TPSA) is 43.4 Å². The Kier molecular flexibility index (Phi) is 2.04. The highest BCUT2D eigenvalue weighted by atomic mass is 16.5. The molecule has 1 saturated carbocycles. The number of hydrogen-bond donors (Lipinski definition) is 0. The largest absolute Gasteiger partial charge is 0.463 e. The quantitative estimate of drug-likeness (QED) is 0.417. The fourth-order valence-electron chi connectivity index (χ4n) is 0.938. The molecular weight excluding hydrogens is 132 g/mol. The van der Waals surface area contributed by atoms with Gasteiger partial charge in [0, 0.05) is 5.92 Å². The Morgan fingerprint density at radius 2 is 2.00 bits per heavy atom. The molecule has 56 valence electrons. The van der Waals surface area contributed by atoms with Crippen molar-refractivity contribution in [2.24, 2.45) is 5.92 Å². The molecule has 10 heavy (non-hydrogen) atoms. The Labute approximate surface area is 59.4 Å². The predicted octanol–water partition coefficient (Wildman–Crippen LogP) is 0.529. The number of esters is 1. The lowest BCUT2D eigenvalue weighted by Gasteiger charge is -2.21. The molecule has 0 N–H and O–H groups in total. The molecule has 1 aliphatic rings. The van der Waals surface area contributed by atoms with Crippen molar-refractivity contribution in [1.29, 1.82) is 0 Å². The average Bonchev–Trinajstić information content (AvgIpc) is 1.82. The van der Waals surface area contributed by atoms with Gasteiger partial charge >= 0.3 is 5.97 Å². The number of carbonyl (C=O) groups excluding carboxylic acids is 2. The Morgan fingerprint density at radius 1 is 1.40 bits per heavy atom. The van der Waals surface area contributed by atoms with Gasteiger partial charge in [0.15, 0.2) is 0 Å². The molecule has 0 spiro atoms. The maximum absolute atomic E-state index is 10.9. The number of methoxy groups -OCH3 is 1. The van der Waals surface area contributed by atoms with Crippen molar-refractivity contribution in [2.75, 3.05) is 7.11 Å². The van der Waals surface area contributed by atoms with Gasteiger partial charge in [0.2, 0.25) is 5.78 Å². The van der Waals surface area contributed by atoms with Crippen LogP contribution in [0.3, 0.4) is 0 Å². The van der Waals surface area contributed by atoms with Gasteiger partial charge < -0.3 is 4.74 Å². The number of hydrogen-bond acceptors (Lipinski definition) is 3. The third kappa shape index (κ3) is 1.17. The van der Waals surface area contributed by atoms with Gasteiger partial charge in [-0.25, -0.2) is 4.79 Å². The van der Waals surface area contributed by atoms with Crippen molar-refractivity contribution in [1.82, 2.24) is 0 Å². The van der Waals surface area contributed by atoms with Gasteiger partial charge in [0.1, 0.15) is 0 Å². The Balaban J connectivity index is 2.39. The van der Waals surface area contributed by atoms with Gasteiger partial charge in [-0.15, -0.1) is 0 Å². The first-order valence-electron chi connectivity index (χ1n) is 3.38. The van der Waals surface area contributed by atoms with Crippen molar-refractivity contribution in [3.63, 3.8) is 0 Å². The normalized spacial score (nSPS) is 17.7. The summed E-state index contributed by atoms with van der Waals surface area (Å²) in [5.74, 6) is -1.08. The number of carbonyl (C=O) groups is 2. The van der Waals surface area contributed by atoms with Crippen molar-refractivity contribution in [2.45, 2.75) is 19.3 Å². The van der Waals surface area contributed by atoms with Gasteiger partial charge in [-0.3, -0.25) is 4.79 Å². The Morgan fingerprint density at radius 3 is 2.30 bits per heavy atom. The van der Waals surface area contributed by atoms with Crippen LogP contribution < -0.4 is 0 Å². The summed E-state index contributed by atoms with van der Waals surface area (Å²) < 4.78 is 4.28. The van der Waals surface area contributed by atoms with Crippen molar-refractivity contribution in [3.8, 4) is 0 Å². The molecule has 0 amide bonds. The molecule has 0 saturated heterocycles. The molecule has 0 radical (unpaired) electrons. The molecule has 1 aliphatic carbocycles. The minimum Gasteiger partial charge on any atom is -0.463 e. The summed E-state index contributed by atoms with van der Waals surface area (Å²) in [4.78, 5) is 21.5. The Hall–Kier alpha value is -0.860.